The van der Waals surface area contributed by atoms with Crippen molar-refractivity contribution in [2.45, 2.75) is 26.8 Å². The van der Waals surface area contributed by atoms with E-state index in [2.05, 4.69) is 5.32 Å². The number of hydrogen-bond donors (Lipinski definition) is 2. The Kier molecular flexibility index (Phi) is 8.35. The van der Waals surface area contributed by atoms with Crippen molar-refractivity contribution in [3.63, 3.8) is 0 Å². The molecule has 0 saturated carbocycles. The van der Waals surface area contributed by atoms with Gasteiger partial charge in [-0.05, 0) is 13.5 Å². The van der Waals surface area contributed by atoms with Gasteiger partial charge in [0.15, 0.2) is 0 Å². The highest BCUT2D eigenvalue weighted by atomic mass is 16.5. The highest BCUT2D eigenvalue weighted by Crippen LogP contribution is 1.94. The molecule has 0 heterocycles. The predicted octanol–water partition coefficient (Wildman–Crippen LogP) is -0.0659. The second-order valence-electron chi connectivity index (χ2n) is 3.68. The first-order chi connectivity index (χ1) is 8.01. The molecule has 0 saturated heterocycles. The maximum absolute atomic E-state index is 10.9. The van der Waals surface area contributed by atoms with E-state index >= 15 is 0 Å². The molecular weight excluding hydrogens is 224 g/mol. The van der Waals surface area contributed by atoms with E-state index in [4.69, 9.17) is 9.84 Å². The van der Waals surface area contributed by atoms with Crippen LogP contribution in [0.2, 0.25) is 0 Å². The Morgan fingerprint density at radius 2 is 2.06 bits per heavy atom. The van der Waals surface area contributed by atoms with Gasteiger partial charge >= 0.3 is 5.97 Å². The van der Waals surface area contributed by atoms with Gasteiger partial charge in [0, 0.05) is 26.6 Å². The molecule has 0 aromatic rings. The second kappa shape index (κ2) is 8.95. The molecule has 0 aromatic heterocycles. The SMILES string of the molecule is CCOCCN(CC)CC(NC(C)=O)C(=O)O. The highest BCUT2D eigenvalue weighted by molar-refractivity contribution is 5.82. The number of ether oxygens (including phenoxy) is 1. The van der Waals surface area contributed by atoms with Crippen molar-refractivity contribution in [2.75, 3.05) is 32.8 Å². The number of rotatable bonds is 9. The number of nitrogens with one attached hydrogen (secondary N) is 1. The number of carbonyl (C=O) groups excluding carboxylic acids is 1. The van der Waals surface area contributed by atoms with E-state index in [1.165, 1.54) is 6.92 Å². The maximum atomic E-state index is 10.9. The van der Waals surface area contributed by atoms with Crippen molar-refractivity contribution >= 4 is 11.9 Å². The Balaban J connectivity index is 4.18. The van der Waals surface area contributed by atoms with E-state index in [-0.39, 0.29) is 5.91 Å². The lowest BCUT2D eigenvalue weighted by Gasteiger charge is -2.24. The molecule has 0 radical (unpaired) electrons. The second-order valence-corrected chi connectivity index (χ2v) is 3.68. The molecule has 0 rings (SSSR count). The summed E-state index contributed by atoms with van der Waals surface area (Å²) < 4.78 is 5.21. The molecular formula is C11H22N2O4. The van der Waals surface area contributed by atoms with Crippen LogP contribution in [0.4, 0.5) is 0 Å². The van der Waals surface area contributed by atoms with Crippen LogP contribution in [0.1, 0.15) is 20.8 Å². The van der Waals surface area contributed by atoms with Crippen LogP contribution in [0.25, 0.3) is 0 Å². The zero-order chi connectivity index (χ0) is 13.3. The van der Waals surface area contributed by atoms with Crippen molar-refractivity contribution in [3.8, 4) is 0 Å². The van der Waals surface area contributed by atoms with Crippen LogP contribution in [0.5, 0.6) is 0 Å². The molecule has 2 N–H and O–H groups in total. The third kappa shape index (κ3) is 7.70. The van der Waals surface area contributed by atoms with E-state index in [0.717, 1.165) is 6.54 Å². The Hall–Kier alpha value is -1.14. The number of aliphatic carboxylic acids is 1. The molecule has 1 atom stereocenters. The van der Waals surface area contributed by atoms with Crippen LogP contribution < -0.4 is 5.32 Å². The average molecular weight is 246 g/mol. The van der Waals surface area contributed by atoms with Gasteiger partial charge in [-0.1, -0.05) is 6.92 Å². The van der Waals surface area contributed by atoms with Crippen molar-refractivity contribution < 1.29 is 19.4 Å². The van der Waals surface area contributed by atoms with Crippen LogP contribution in [0, 0.1) is 0 Å². The quantitative estimate of drug-likeness (QED) is 0.557. The van der Waals surface area contributed by atoms with Gasteiger partial charge in [0.1, 0.15) is 6.04 Å². The monoisotopic (exact) mass is 246 g/mol. The van der Waals surface area contributed by atoms with Crippen molar-refractivity contribution in [3.05, 3.63) is 0 Å². The number of hydrogen-bond acceptors (Lipinski definition) is 4. The summed E-state index contributed by atoms with van der Waals surface area (Å²) >= 11 is 0. The number of carboxylic acids is 1. The smallest absolute Gasteiger partial charge is 0.327 e. The van der Waals surface area contributed by atoms with Crippen LogP contribution in [-0.4, -0.2) is 60.8 Å². The fraction of sp³-hybridized carbons (Fsp3) is 0.818. The van der Waals surface area contributed by atoms with Gasteiger partial charge in [0.2, 0.25) is 5.91 Å². The minimum atomic E-state index is -1.02. The Morgan fingerprint density at radius 1 is 1.41 bits per heavy atom. The Labute approximate surface area is 102 Å². The summed E-state index contributed by atoms with van der Waals surface area (Å²) in [4.78, 5) is 23.7. The lowest BCUT2D eigenvalue weighted by Crippen LogP contribution is -2.48. The Morgan fingerprint density at radius 3 is 2.47 bits per heavy atom. The third-order valence-electron chi connectivity index (χ3n) is 2.32. The zero-order valence-electron chi connectivity index (χ0n) is 10.7. The first-order valence-corrected chi connectivity index (χ1v) is 5.81. The number of nitrogens with zero attached hydrogens (tertiary/aromatic N) is 1. The van der Waals surface area contributed by atoms with E-state index in [1.807, 2.05) is 18.7 Å². The summed E-state index contributed by atoms with van der Waals surface area (Å²) in [5.74, 6) is -1.35. The number of carboxylic acid groups (broad SMARTS) is 1. The van der Waals surface area contributed by atoms with Crippen LogP contribution in [0.15, 0.2) is 0 Å². The molecule has 0 fully saturated rings. The van der Waals surface area contributed by atoms with E-state index in [0.29, 0.717) is 26.3 Å². The van der Waals surface area contributed by atoms with Gasteiger partial charge in [-0.2, -0.15) is 0 Å². The van der Waals surface area contributed by atoms with Crippen LogP contribution in [-0.2, 0) is 14.3 Å². The summed E-state index contributed by atoms with van der Waals surface area (Å²) in [7, 11) is 0. The van der Waals surface area contributed by atoms with E-state index < -0.39 is 12.0 Å². The molecule has 0 aliphatic carbocycles. The molecule has 0 aliphatic heterocycles. The molecule has 1 amide bonds. The molecule has 0 aliphatic rings. The minimum absolute atomic E-state index is 0.290. The fourth-order valence-corrected chi connectivity index (χ4v) is 1.41. The molecule has 100 valence electrons. The molecule has 1 unspecified atom stereocenters. The molecule has 6 heteroatoms. The summed E-state index contributed by atoms with van der Waals surface area (Å²) in [6.45, 7) is 8.05. The summed E-state index contributed by atoms with van der Waals surface area (Å²) in [6, 6.07) is -0.867. The van der Waals surface area contributed by atoms with Gasteiger partial charge in [-0.25, -0.2) is 4.79 Å². The Bertz CT molecular complexity index is 246. The van der Waals surface area contributed by atoms with E-state index in [1.54, 1.807) is 0 Å². The molecule has 0 spiro atoms. The standard InChI is InChI=1S/C11H22N2O4/c1-4-13(6-7-17-5-2)8-10(11(15)16)12-9(3)14/h10H,4-8H2,1-3H3,(H,12,14)(H,15,16). The van der Waals surface area contributed by atoms with Gasteiger partial charge < -0.3 is 15.2 Å². The topological polar surface area (TPSA) is 78.9 Å². The van der Waals surface area contributed by atoms with Gasteiger partial charge in [-0.3, -0.25) is 9.69 Å². The van der Waals surface area contributed by atoms with Crippen molar-refractivity contribution in [2.24, 2.45) is 0 Å². The van der Waals surface area contributed by atoms with Gasteiger partial charge in [0.05, 0.1) is 6.61 Å². The molecule has 0 aromatic carbocycles. The van der Waals surface area contributed by atoms with Crippen molar-refractivity contribution in [1.82, 2.24) is 10.2 Å². The van der Waals surface area contributed by atoms with Crippen molar-refractivity contribution in [1.29, 1.82) is 0 Å². The number of amides is 1. The zero-order valence-corrected chi connectivity index (χ0v) is 10.7. The molecule has 0 bridgehead atoms. The first-order valence-electron chi connectivity index (χ1n) is 5.81. The minimum Gasteiger partial charge on any atom is -0.480 e. The molecule has 17 heavy (non-hydrogen) atoms. The third-order valence-corrected chi connectivity index (χ3v) is 2.32. The lowest BCUT2D eigenvalue weighted by atomic mass is 10.2. The number of carbonyl (C=O) groups is 2. The maximum Gasteiger partial charge on any atom is 0.327 e. The first kappa shape index (κ1) is 15.9. The summed E-state index contributed by atoms with van der Waals surface area (Å²) in [6.07, 6.45) is 0. The average Bonchev–Trinajstić information content (AvgIpc) is 2.25. The predicted molar refractivity (Wildman–Crippen MR) is 63.8 cm³/mol. The van der Waals surface area contributed by atoms with Gasteiger partial charge in [0.25, 0.3) is 0 Å². The fourth-order valence-electron chi connectivity index (χ4n) is 1.41. The number of likely N-dealkylation sites (N-methyl/N-ethyl adjacent to an activating group) is 1. The molecule has 6 nitrogen and oxygen atoms in total. The van der Waals surface area contributed by atoms with Gasteiger partial charge in [-0.15, -0.1) is 0 Å². The van der Waals surface area contributed by atoms with E-state index in [9.17, 15) is 9.59 Å². The summed E-state index contributed by atoms with van der Waals surface area (Å²) in [5, 5.41) is 11.4. The van der Waals surface area contributed by atoms with Crippen LogP contribution >= 0.6 is 0 Å². The normalized spacial score (nSPS) is 12.5. The summed E-state index contributed by atoms with van der Waals surface area (Å²) in [5.41, 5.74) is 0. The lowest BCUT2D eigenvalue weighted by molar-refractivity contribution is -0.142. The highest BCUT2D eigenvalue weighted by Gasteiger charge is 2.20. The van der Waals surface area contributed by atoms with Crippen LogP contribution in [0.3, 0.4) is 0 Å². The largest absolute Gasteiger partial charge is 0.480 e.